The molecule has 1 atom stereocenters. The summed E-state index contributed by atoms with van der Waals surface area (Å²) in [6, 6.07) is 11.4. The normalized spacial score (nSPS) is 12.2. The smallest absolute Gasteiger partial charge is 0.124 e. The second kappa shape index (κ2) is 6.61. The summed E-state index contributed by atoms with van der Waals surface area (Å²) in [6.45, 7) is 4.63. The minimum Gasteiger partial charge on any atom is -0.494 e. The van der Waals surface area contributed by atoms with Gasteiger partial charge < -0.3 is 10.5 Å². The summed E-state index contributed by atoms with van der Waals surface area (Å²) in [7, 11) is 0. The topological polar surface area (TPSA) is 35.2 Å². The molecular weight excluding hydrogens is 338 g/mol. The van der Waals surface area contributed by atoms with Crippen molar-refractivity contribution in [2.75, 3.05) is 6.61 Å². The van der Waals surface area contributed by atoms with Crippen LogP contribution in [-0.2, 0) is 0 Å². The van der Waals surface area contributed by atoms with Crippen LogP contribution in [0.15, 0.2) is 40.9 Å². The third kappa shape index (κ3) is 3.35. The number of rotatable bonds is 4. The van der Waals surface area contributed by atoms with Gasteiger partial charge in [-0.15, -0.1) is 0 Å². The van der Waals surface area contributed by atoms with Crippen LogP contribution in [0.1, 0.15) is 29.7 Å². The van der Waals surface area contributed by atoms with Crippen molar-refractivity contribution in [3.05, 3.63) is 62.6 Å². The van der Waals surface area contributed by atoms with Crippen LogP contribution in [0, 0.1) is 6.92 Å². The van der Waals surface area contributed by atoms with Crippen LogP contribution in [0.3, 0.4) is 0 Å². The molecule has 2 N–H and O–H groups in total. The summed E-state index contributed by atoms with van der Waals surface area (Å²) in [6.07, 6.45) is 0. The number of hydrogen-bond acceptors (Lipinski definition) is 2. The first-order valence-electron chi connectivity index (χ1n) is 6.46. The van der Waals surface area contributed by atoms with Crippen molar-refractivity contribution in [3.8, 4) is 5.75 Å². The lowest BCUT2D eigenvalue weighted by Gasteiger charge is -2.19. The Labute approximate surface area is 133 Å². The van der Waals surface area contributed by atoms with E-state index in [1.807, 2.05) is 44.2 Å². The van der Waals surface area contributed by atoms with E-state index in [4.69, 9.17) is 22.1 Å². The second-order valence-electron chi connectivity index (χ2n) is 4.62. The molecule has 106 valence electrons. The SMILES string of the molecule is CCOc1ccc(C)cc1C(N)c1ccc(Cl)cc1Br. The Hall–Kier alpha value is -1.03. The summed E-state index contributed by atoms with van der Waals surface area (Å²) in [4.78, 5) is 0. The van der Waals surface area contributed by atoms with E-state index in [9.17, 15) is 0 Å². The molecule has 0 saturated heterocycles. The van der Waals surface area contributed by atoms with Gasteiger partial charge in [-0.1, -0.05) is 51.3 Å². The molecule has 0 heterocycles. The molecule has 0 aliphatic heterocycles. The monoisotopic (exact) mass is 353 g/mol. The Morgan fingerprint density at radius 3 is 2.60 bits per heavy atom. The first-order chi connectivity index (χ1) is 9.52. The van der Waals surface area contributed by atoms with Crippen molar-refractivity contribution in [3.63, 3.8) is 0 Å². The fourth-order valence-electron chi connectivity index (χ4n) is 2.12. The fourth-order valence-corrected chi connectivity index (χ4v) is 3.05. The van der Waals surface area contributed by atoms with Gasteiger partial charge in [-0.25, -0.2) is 0 Å². The number of aryl methyl sites for hydroxylation is 1. The van der Waals surface area contributed by atoms with E-state index >= 15 is 0 Å². The number of halogens is 2. The number of benzene rings is 2. The molecule has 0 bridgehead atoms. The molecular formula is C16H17BrClNO. The molecule has 2 aromatic rings. The highest BCUT2D eigenvalue weighted by atomic mass is 79.9. The third-order valence-electron chi connectivity index (χ3n) is 3.10. The van der Waals surface area contributed by atoms with Crippen molar-refractivity contribution >= 4 is 27.5 Å². The largest absolute Gasteiger partial charge is 0.494 e. The average molecular weight is 355 g/mol. The van der Waals surface area contributed by atoms with Gasteiger partial charge >= 0.3 is 0 Å². The van der Waals surface area contributed by atoms with Crippen LogP contribution in [0.5, 0.6) is 5.75 Å². The molecule has 2 rings (SSSR count). The lowest BCUT2D eigenvalue weighted by Crippen LogP contribution is -2.14. The van der Waals surface area contributed by atoms with Gasteiger partial charge in [0.1, 0.15) is 5.75 Å². The first kappa shape index (κ1) is 15.4. The van der Waals surface area contributed by atoms with E-state index < -0.39 is 0 Å². The Kier molecular flexibility index (Phi) is 5.08. The highest BCUT2D eigenvalue weighted by molar-refractivity contribution is 9.10. The van der Waals surface area contributed by atoms with Gasteiger partial charge in [-0.3, -0.25) is 0 Å². The van der Waals surface area contributed by atoms with Crippen molar-refractivity contribution in [1.29, 1.82) is 0 Å². The van der Waals surface area contributed by atoms with Crippen LogP contribution < -0.4 is 10.5 Å². The summed E-state index contributed by atoms with van der Waals surface area (Å²) in [5, 5.41) is 0.682. The number of ether oxygens (including phenoxy) is 1. The zero-order chi connectivity index (χ0) is 14.7. The average Bonchev–Trinajstić information content (AvgIpc) is 2.40. The van der Waals surface area contributed by atoms with Gasteiger partial charge in [0, 0.05) is 15.1 Å². The van der Waals surface area contributed by atoms with Gasteiger partial charge in [-0.2, -0.15) is 0 Å². The fraction of sp³-hybridized carbons (Fsp3) is 0.250. The van der Waals surface area contributed by atoms with Crippen molar-refractivity contribution in [1.82, 2.24) is 0 Å². The quantitative estimate of drug-likeness (QED) is 0.851. The zero-order valence-corrected chi connectivity index (χ0v) is 13.8. The van der Waals surface area contributed by atoms with Crippen molar-refractivity contribution < 1.29 is 4.74 Å². The molecule has 0 aliphatic carbocycles. The molecule has 2 aromatic carbocycles. The maximum atomic E-state index is 6.41. The van der Waals surface area contributed by atoms with E-state index in [1.165, 1.54) is 0 Å². The molecule has 0 radical (unpaired) electrons. The number of hydrogen-bond donors (Lipinski definition) is 1. The van der Waals surface area contributed by atoms with Crippen LogP contribution >= 0.6 is 27.5 Å². The van der Waals surface area contributed by atoms with Crippen molar-refractivity contribution in [2.24, 2.45) is 5.73 Å². The van der Waals surface area contributed by atoms with Crippen LogP contribution in [0.25, 0.3) is 0 Å². The zero-order valence-electron chi connectivity index (χ0n) is 11.5. The van der Waals surface area contributed by atoms with E-state index in [0.717, 1.165) is 26.9 Å². The standard InChI is InChI=1S/C16H17BrClNO/c1-3-20-15-7-4-10(2)8-13(15)16(19)12-6-5-11(18)9-14(12)17/h4-9,16H,3,19H2,1-2H3. The number of nitrogens with two attached hydrogens (primary N) is 1. The summed E-state index contributed by atoms with van der Waals surface area (Å²) >= 11 is 9.50. The predicted octanol–water partition coefficient (Wildman–Crippen LogP) is 4.86. The molecule has 1 unspecified atom stereocenters. The maximum absolute atomic E-state index is 6.41. The summed E-state index contributed by atoms with van der Waals surface area (Å²) in [5.74, 6) is 0.826. The lowest BCUT2D eigenvalue weighted by molar-refractivity contribution is 0.335. The molecule has 0 amide bonds. The van der Waals surface area contributed by atoms with E-state index in [1.54, 1.807) is 0 Å². The van der Waals surface area contributed by atoms with Crippen LogP contribution in [-0.4, -0.2) is 6.61 Å². The summed E-state index contributed by atoms with van der Waals surface area (Å²) < 4.78 is 6.58. The molecule has 4 heteroatoms. The van der Waals surface area contributed by atoms with Gasteiger partial charge in [0.2, 0.25) is 0 Å². The van der Waals surface area contributed by atoms with Gasteiger partial charge in [0.15, 0.2) is 0 Å². The Morgan fingerprint density at radius 1 is 1.20 bits per heavy atom. The Bertz CT molecular complexity index is 615. The van der Waals surface area contributed by atoms with Crippen molar-refractivity contribution in [2.45, 2.75) is 19.9 Å². The minimum atomic E-state index is -0.261. The van der Waals surface area contributed by atoms with Gasteiger partial charge in [0.05, 0.1) is 12.6 Å². The molecule has 0 spiro atoms. The molecule has 0 aliphatic rings. The molecule has 2 nitrogen and oxygen atoms in total. The molecule has 20 heavy (non-hydrogen) atoms. The van der Waals surface area contributed by atoms with Crippen LogP contribution in [0.2, 0.25) is 5.02 Å². The maximum Gasteiger partial charge on any atom is 0.124 e. The van der Waals surface area contributed by atoms with E-state index in [-0.39, 0.29) is 6.04 Å². The predicted molar refractivity (Wildman–Crippen MR) is 87.5 cm³/mol. The Balaban J connectivity index is 2.46. The minimum absolute atomic E-state index is 0.261. The third-order valence-corrected chi connectivity index (χ3v) is 4.02. The highest BCUT2D eigenvalue weighted by Crippen LogP contribution is 2.34. The first-order valence-corrected chi connectivity index (χ1v) is 7.64. The molecule has 0 saturated carbocycles. The van der Waals surface area contributed by atoms with Gasteiger partial charge in [-0.05, 0) is 37.6 Å². The lowest BCUT2D eigenvalue weighted by atomic mass is 9.97. The highest BCUT2D eigenvalue weighted by Gasteiger charge is 2.17. The Morgan fingerprint density at radius 2 is 1.95 bits per heavy atom. The second-order valence-corrected chi connectivity index (χ2v) is 5.91. The summed E-state index contributed by atoms with van der Waals surface area (Å²) in [5.41, 5.74) is 9.54. The molecule has 0 fully saturated rings. The van der Waals surface area contributed by atoms with Gasteiger partial charge in [0.25, 0.3) is 0 Å². The van der Waals surface area contributed by atoms with E-state index in [2.05, 4.69) is 22.0 Å². The molecule has 0 aromatic heterocycles. The van der Waals surface area contributed by atoms with E-state index in [0.29, 0.717) is 11.6 Å². The van der Waals surface area contributed by atoms with Crippen LogP contribution in [0.4, 0.5) is 0 Å².